The van der Waals surface area contributed by atoms with E-state index in [0.717, 1.165) is 11.3 Å². The monoisotopic (exact) mass is 367 g/mol. The molecule has 0 spiro atoms. The molecular weight excluding hydrogens is 350 g/mol. The Morgan fingerprint density at radius 2 is 1.92 bits per heavy atom. The van der Waals surface area contributed by atoms with Crippen molar-refractivity contribution in [3.05, 3.63) is 29.3 Å². The molecule has 3 amide bonds. The van der Waals surface area contributed by atoms with Crippen molar-refractivity contribution in [3.63, 3.8) is 0 Å². The van der Waals surface area contributed by atoms with E-state index in [4.69, 9.17) is 5.11 Å². The van der Waals surface area contributed by atoms with E-state index in [1.165, 1.54) is 19.2 Å². The molecule has 2 N–H and O–H groups in total. The van der Waals surface area contributed by atoms with E-state index in [2.05, 4.69) is 5.32 Å². The number of nitrogens with zero attached hydrogens (tertiary/aromatic N) is 2. The SMILES string of the molecule is CN1C(=O)c2ccc(NC(=O)CN3CCCC3C(=O)O)cc2C1=O.Cl. The van der Waals surface area contributed by atoms with Gasteiger partial charge >= 0.3 is 5.97 Å². The van der Waals surface area contributed by atoms with Crippen LogP contribution < -0.4 is 5.32 Å². The lowest BCUT2D eigenvalue weighted by Gasteiger charge is -2.20. The predicted molar refractivity (Wildman–Crippen MR) is 91.0 cm³/mol. The van der Waals surface area contributed by atoms with Crippen molar-refractivity contribution >= 4 is 41.8 Å². The number of hydrogen-bond donors (Lipinski definition) is 2. The first-order chi connectivity index (χ1) is 11.4. The molecule has 0 aromatic heterocycles. The number of anilines is 1. The highest BCUT2D eigenvalue weighted by atomic mass is 35.5. The van der Waals surface area contributed by atoms with Crippen LogP contribution >= 0.6 is 12.4 Å². The number of aliphatic carboxylic acids is 1. The number of rotatable bonds is 4. The Balaban J connectivity index is 0.00000225. The van der Waals surface area contributed by atoms with Crippen LogP contribution in [0, 0.1) is 0 Å². The number of carboxylic acids is 1. The lowest BCUT2D eigenvalue weighted by molar-refractivity contribution is -0.142. The summed E-state index contributed by atoms with van der Waals surface area (Å²) in [5.74, 6) is -2.05. The molecule has 1 unspecified atom stereocenters. The van der Waals surface area contributed by atoms with E-state index in [1.54, 1.807) is 11.0 Å². The van der Waals surface area contributed by atoms with Crippen LogP contribution in [0.1, 0.15) is 33.6 Å². The summed E-state index contributed by atoms with van der Waals surface area (Å²) >= 11 is 0. The highest BCUT2D eigenvalue weighted by molar-refractivity contribution is 6.21. The minimum absolute atomic E-state index is 0. The Labute approximate surface area is 150 Å². The molecule has 1 atom stereocenters. The number of halogens is 1. The molecule has 0 bridgehead atoms. The lowest BCUT2D eigenvalue weighted by atomic mass is 10.1. The largest absolute Gasteiger partial charge is 0.480 e. The van der Waals surface area contributed by atoms with Gasteiger partial charge in [0.15, 0.2) is 0 Å². The van der Waals surface area contributed by atoms with E-state index in [9.17, 15) is 19.2 Å². The zero-order valence-electron chi connectivity index (χ0n) is 13.5. The van der Waals surface area contributed by atoms with Crippen LogP contribution in [0.3, 0.4) is 0 Å². The van der Waals surface area contributed by atoms with Crippen LogP contribution in [0.5, 0.6) is 0 Å². The minimum atomic E-state index is -0.926. The van der Waals surface area contributed by atoms with Gasteiger partial charge in [-0.2, -0.15) is 0 Å². The average molecular weight is 368 g/mol. The van der Waals surface area contributed by atoms with Crippen molar-refractivity contribution < 1.29 is 24.3 Å². The average Bonchev–Trinajstić information content (AvgIpc) is 3.07. The molecule has 8 nitrogen and oxygen atoms in total. The molecule has 3 rings (SSSR count). The van der Waals surface area contributed by atoms with Crippen molar-refractivity contribution in [1.29, 1.82) is 0 Å². The zero-order valence-corrected chi connectivity index (χ0v) is 14.3. The molecule has 0 radical (unpaired) electrons. The summed E-state index contributed by atoms with van der Waals surface area (Å²) in [6.07, 6.45) is 1.27. The van der Waals surface area contributed by atoms with Gasteiger partial charge in [0.2, 0.25) is 5.91 Å². The summed E-state index contributed by atoms with van der Waals surface area (Å²) in [4.78, 5) is 49.7. The second-order valence-electron chi connectivity index (χ2n) is 5.94. The third-order valence-electron chi connectivity index (χ3n) is 4.37. The summed E-state index contributed by atoms with van der Waals surface area (Å²) in [6, 6.07) is 3.89. The topological polar surface area (TPSA) is 107 Å². The number of amides is 3. The van der Waals surface area contributed by atoms with Crippen LogP contribution in [-0.4, -0.2) is 64.8 Å². The number of carboxylic acid groups (broad SMARTS) is 1. The Bertz CT molecular complexity index is 751. The molecule has 25 heavy (non-hydrogen) atoms. The van der Waals surface area contributed by atoms with E-state index < -0.39 is 17.9 Å². The summed E-state index contributed by atoms with van der Waals surface area (Å²) in [5.41, 5.74) is 0.970. The van der Waals surface area contributed by atoms with Gasteiger partial charge in [-0.05, 0) is 37.6 Å². The van der Waals surface area contributed by atoms with Crippen LogP contribution in [0.25, 0.3) is 0 Å². The molecule has 0 aliphatic carbocycles. The van der Waals surface area contributed by atoms with Gasteiger partial charge in [0.05, 0.1) is 17.7 Å². The molecule has 1 saturated heterocycles. The van der Waals surface area contributed by atoms with Crippen LogP contribution in [0.15, 0.2) is 18.2 Å². The molecule has 9 heteroatoms. The fourth-order valence-corrected chi connectivity index (χ4v) is 3.12. The highest BCUT2D eigenvalue weighted by Crippen LogP contribution is 2.25. The molecule has 2 aliphatic heterocycles. The molecule has 1 fully saturated rings. The van der Waals surface area contributed by atoms with Gasteiger partial charge in [-0.15, -0.1) is 12.4 Å². The van der Waals surface area contributed by atoms with Gasteiger partial charge in [-0.25, -0.2) is 0 Å². The molecule has 1 aromatic carbocycles. The van der Waals surface area contributed by atoms with E-state index in [1.807, 2.05) is 0 Å². The molecule has 0 saturated carbocycles. The lowest BCUT2D eigenvalue weighted by Crippen LogP contribution is -2.40. The summed E-state index contributed by atoms with van der Waals surface area (Å²) in [6.45, 7) is 0.535. The number of imide groups is 1. The number of fused-ring (bicyclic) bond motifs is 1. The van der Waals surface area contributed by atoms with E-state index >= 15 is 0 Å². The smallest absolute Gasteiger partial charge is 0.320 e. The zero-order chi connectivity index (χ0) is 17.4. The van der Waals surface area contributed by atoms with Gasteiger partial charge in [0, 0.05) is 12.7 Å². The first-order valence-electron chi connectivity index (χ1n) is 7.61. The molecule has 134 valence electrons. The summed E-state index contributed by atoms with van der Waals surface area (Å²) < 4.78 is 0. The molecular formula is C16H18ClN3O5. The van der Waals surface area contributed by atoms with Gasteiger partial charge in [-0.3, -0.25) is 29.0 Å². The van der Waals surface area contributed by atoms with Crippen molar-refractivity contribution in [2.24, 2.45) is 0 Å². The van der Waals surface area contributed by atoms with Gasteiger partial charge in [-0.1, -0.05) is 0 Å². The Morgan fingerprint density at radius 1 is 1.24 bits per heavy atom. The number of nitrogens with one attached hydrogen (secondary N) is 1. The molecule has 2 heterocycles. The van der Waals surface area contributed by atoms with Crippen molar-refractivity contribution in [3.8, 4) is 0 Å². The second kappa shape index (κ2) is 7.20. The van der Waals surface area contributed by atoms with Gasteiger partial charge in [0.1, 0.15) is 6.04 Å². The number of carbonyl (C=O) groups excluding carboxylic acids is 3. The van der Waals surface area contributed by atoms with E-state index in [0.29, 0.717) is 24.2 Å². The predicted octanol–water partition coefficient (Wildman–Crippen LogP) is 0.822. The first kappa shape index (κ1) is 18.9. The maximum absolute atomic E-state index is 12.1. The quantitative estimate of drug-likeness (QED) is 0.763. The maximum Gasteiger partial charge on any atom is 0.320 e. The third kappa shape index (κ3) is 3.49. The Morgan fingerprint density at radius 3 is 2.60 bits per heavy atom. The van der Waals surface area contributed by atoms with E-state index in [-0.39, 0.29) is 36.3 Å². The van der Waals surface area contributed by atoms with Crippen molar-refractivity contribution in [2.45, 2.75) is 18.9 Å². The van der Waals surface area contributed by atoms with Crippen LogP contribution in [0.4, 0.5) is 5.69 Å². The molecule has 2 aliphatic rings. The second-order valence-corrected chi connectivity index (χ2v) is 5.94. The van der Waals surface area contributed by atoms with Gasteiger partial charge in [0.25, 0.3) is 11.8 Å². The number of likely N-dealkylation sites (tertiary alicyclic amines) is 1. The Kier molecular flexibility index (Phi) is 5.44. The number of benzene rings is 1. The maximum atomic E-state index is 12.1. The Hall–Kier alpha value is -2.45. The third-order valence-corrected chi connectivity index (χ3v) is 4.37. The fraction of sp³-hybridized carbons (Fsp3) is 0.375. The van der Waals surface area contributed by atoms with Crippen molar-refractivity contribution in [1.82, 2.24) is 9.80 Å². The minimum Gasteiger partial charge on any atom is -0.480 e. The van der Waals surface area contributed by atoms with Gasteiger partial charge < -0.3 is 10.4 Å². The number of hydrogen-bond acceptors (Lipinski definition) is 5. The van der Waals surface area contributed by atoms with Crippen LogP contribution in [-0.2, 0) is 9.59 Å². The standard InChI is InChI=1S/C16H17N3O5.ClH/c1-18-14(21)10-5-4-9(7-11(10)15(18)22)17-13(20)8-19-6-2-3-12(19)16(23)24;/h4-5,7,12H,2-3,6,8H2,1H3,(H,17,20)(H,23,24);1H. The van der Waals surface area contributed by atoms with Crippen molar-refractivity contribution in [2.75, 3.05) is 25.5 Å². The first-order valence-corrected chi connectivity index (χ1v) is 7.61. The highest BCUT2D eigenvalue weighted by Gasteiger charge is 2.33. The fourth-order valence-electron chi connectivity index (χ4n) is 3.12. The summed E-state index contributed by atoms with van der Waals surface area (Å²) in [7, 11) is 1.41. The van der Waals surface area contributed by atoms with Crippen LogP contribution in [0.2, 0.25) is 0 Å². The number of carbonyl (C=O) groups is 4. The summed E-state index contributed by atoms with van der Waals surface area (Å²) in [5, 5.41) is 11.8. The molecule has 1 aromatic rings. The normalized spacial score (nSPS) is 19.6.